The lowest BCUT2D eigenvalue weighted by molar-refractivity contribution is 0.405. The lowest BCUT2D eigenvalue weighted by atomic mass is 10.0. The highest BCUT2D eigenvalue weighted by atomic mass is 127. The molecular weight excluding hydrogens is 523 g/mol. The molecule has 0 fully saturated rings. The summed E-state index contributed by atoms with van der Waals surface area (Å²) in [6.07, 6.45) is 0. The number of nitrogens with one attached hydrogen (secondary N) is 3. The van der Waals surface area contributed by atoms with Gasteiger partial charge in [0.15, 0.2) is 5.96 Å². The summed E-state index contributed by atoms with van der Waals surface area (Å²) in [6, 6.07) is 9.30. The number of aliphatic imine (C=N–C) groups is 1. The van der Waals surface area contributed by atoms with Crippen molar-refractivity contribution in [3.63, 3.8) is 0 Å². The molecule has 29 heavy (non-hydrogen) atoms. The largest absolute Gasteiger partial charge is 0.496 e. The SMILES string of the molecule is CCNC(=NCCNS(=O)(=O)c1cccs1)NC(C)c1cc(C)ccc1OC.I. The molecule has 1 aromatic carbocycles. The van der Waals surface area contributed by atoms with Gasteiger partial charge < -0.3 is 15.4 Å². The van der Waals surface area contributed by atoms with Crippen molar-refractivity contribution in [2.24, 2.45) is 4.99 Å². The molecule has 1 heterocycles. The van der Waals surface area contributed by atoms with E-state index < -0.39 is 10.0 Å². The number of aryl methyl sites for hydroxylation is 1. The summed E-state index contributed by atoms with van der Waals surface area (Å²) < 4.78 is 32.6. The van der Waals surface area contributed by atoms with Crippen LogP contribution in [0.1, 0.15) is 31.0 Å². The van der Waals surface area contributed by atoms with Crippen LogP contribution in [0.5, 0.6) is 5.75 Å². The molecule has 1 atom stereocenters. The molecule has 1 unspecified atom stereocenters. The zero-order valence-electron chi connectivity index (χ0n) is 17.1. The Morgan fingerprint density at radius 1 is 1.31 bits per heavy atom. The van der Waals surface area contributed by atoms with Crippen molar-refractivity contribution in [1.82, 2.24) is 15.4 Å². The predicted molar refractivity (Wildman–Crippen MR) is 130 cm³/mol. The molecule has 2 rings (SSSR count). The standard InChI is InChI=1S/C19H28N4O3S2.HI/c1-5-20-19(21-10-11-22-28(24,25)18-7-6-12-27-18)23-15(3)16-13-14(2)8-9-17(16)26-4;/h6-9,12-13,15,22H,5,10-11H2,1-4H3,(H2,20,21,23);1H. The van der Waals surface area contributed by atoms with Crippen LogP contribution in [0.3, 0.4) is 0 Å². The highest BCUT2D eigenvalue weighted by molar-refractivity contribution is 14.0. The van der Waals surface area contributed by atoms with E-state index >= 15 is 0 Å². The average Bonchev–Trinajstić information content (AvgIpc) is 3.21. The number of hydrogen-bond acceptors (Lipinski definition) is 5. The Balaban J connectivity index is 0.00000420. The van der Waals surface area contributed by atoms with Crippen molar-refractivity contribution in [3.8, 4) is 5.75 Å². The second-order valence-corrected chi connectivity index (χ2v) is 9.14. The van der Waals surface area contributed by atoms with Crippen LogP contribution < -0.4 is 20.1 Å². The Labute approximate surface area is 194 Å². The number of nitrogens with zero attached hydrogens (tertiary/aromatic N) is 1. The van der Waals surface area contributed by atoms with Gasteiger partial charge >= 0.3 is 0 Å². The van der Waals surface area contributed by atoms with Gasteiger partial charge in [-0.1, -0.05) is 23.8 Å². The van der Waals surface area contributed by atoms with Crippen LogP contribution in [0.2, 0.25) is 0 Å². The summed E-state index contributed by atoms with van der Waals surface area (Å²) in [5, 5.41) is 8.27. The molecule has 162 valence electrons. The van der Waals surface area contributed by atoms with Gasteiger partial charge in [-0.15, -0.1) is 35.3 Å². The quantitative estimate of drug-likeness (QED) is 0.192. The molecular formula is C19H29IN4O3S2. The molecule has 0 radical (unpaired) electrons. The summed E-state index contributed by atoms with van der Waals surface area (Å²) >= 11 is 1.19. The minimum absolute atomic E-state index is 0. The number of rotatable bonds is 9. The van der Waals surface area contributed by atoms with E-state index in [0.29, 0.717) is 23.3 Å². The first-order valence-corrected chi connectivity index (χ1v) is 11.5. The van der Waals surface area contributed by atoms with Crippen LogP contribution in [0.15, 0.2) is 44.9 Å². The number of sulfonamides is 1. The summed E-state index contributed by atoms with van der Waals surface area (Å²) in [6.45, 7) is 7.29. The van der Waals surface area contributed by atoms with Crippen LogP contribution in [0.4, 0.5) is 0 Å². The second-order valence-electron chi connectivity index (χ2n) is 6.20. The number of hydrogen-bond donors (Lipinski definition) is 3. The molecule has 0 saturated heterocycles. The summed E-state index contributed by atoms with van der Waals surface area (Å²) in [5.74, 6) is 1.43. The van der Waals surface area contributed by atoms with E-state index in [4.69, 9.17) is 4.74 Å². The fraction of sp³-hybridized carbons (Fsp3) is 0.421. The van der Waals surface area contributed by atoms with Crippen molar-refractivity contribution < 1.29 is 13.2 Å². The zero-order chi connectivity index (χ0) is 20.6. The van der Waals surface area contributed by atoms with Gasteiger partial charge in [-0.3, -0.25) is 4.99 Å². The van der Waals surface area contributed by atoms with Crippen LogP contribution in [-0.2, 0) is 10.0 Å². The van der Waals surface area contributed by atoms with Crippen molar-refractivity contribution >= 4 is 51.3 Å². The number of guanidine groups is 1. The number of thiophene rings is 1. The molecule has 0 aliphatic rings. The van der Waals surface area contributed by atoms with Gasteiger partial charge in [0.2, 0.25) is 10.0 Å². The fourth-order valence-corrected chi connectivity index (χ4v) is 4.69. The van der Waals surface area contributed by atoms with Gasteiger partial charge in [0.1, 0.15) is 9.96 Å². The van der Waals surface area contributed by atoms with Gasteiger partial charge in [-0.05, 0) is 38.3 Å². The smallest absolute Gasteiger partial charge is 0.250 e. The van der Waals surface area contributed by atoms with E-state index in [1.54, 1.807) is 24.6 Å². The van der Waals surface area contributed by atoms with Gasteiger partial charge in [0.25, 0.3) is 0 Å². The molecule has 0 spiro atoms. The molecule has 7 nitrogen and oxygen atoms in total. The van der Waals surface area contributed by atoms with Crippen molar-refractivity contribution in [1.29, 1.82) is 0 Å². The van der Waals surface area contributed by atoms with Crippen LogP contribution in [0, 0.1) is 6.92 Å². The van der Waals surface area contributed by atoms with E-state index in [1.807, 2.05) is 32.9 Å². The molecule has 1 aromatic heterocycles. The Morgan fingerprint density at radius 3 is 2.69 bits per heavy atom. The maximum absolute atomic E-state index is 12.1. The average molecular weight is 553 g/mol. The fourth-order valence-electron chi connectivity index (χ4n) is 2.63. The molecule has 3 N–H and O–H groups in total. The molecule has 10 heteroatoms. The number of halogens is 1. The molecule has 2 aromatic rings. The third-order valence-corrected chi connectivity index (χ3v) is 6.84. The van der Waals surface area contributed by atoms with Crippen LogP contribution in [0.25, 0.3) is 0 Å². The van der Waals surface area contributed by atoms with Gasteiger partial charge in [0, 0.05) is 18.7 Å². The highest BCUT2D eigenvalue weighted by Gasteiger charge is 2.15. The summed E-state index contributed by atoms with van der Waals surface area (Å²) in [5.41, 5.74) is 2.18. The number of methoxy groups -OCH3 is 1. The van der Waals surface area contributed by atoms with E-state index in [0.717, 1.165) is 16.9 Å². The Bertz CT molecular complexity index is 887. The molecule has 0 aliphatic heterocycles. The lowest BCUT2D eigenvalue weighted by Gasteiger charge is -2.20. The van der Waals surface area contributed by atoms with E-state index in [-0.39, 0.29) is 36.6 Å². The highest BCUT2D eigenvalue weighted by Crippen LogP contribution is 2.25. The third kappa shape index (κ3) is 7.76. The first-order valence-electron chi connectivity index (χ1n) is 9.10. The summed E-state index contributed by atoms with van der Waals surface area (Å²) in [4.78, 5) is 4.47. The topological polar surface area (TPSA) is 91.8 Å². The van der Waals surface area contributed by atoms with Crippen molar-refractivity contribution in [2.75, 3.05) is 26.7 Å². The minimum atomic E-state index is -3.47. The Kier molecular flexibility index (Phi) is 10.9. The normalized spacial score (nSPS) is 12.8. The maximum atomic E-state index is 12.1. The number of benzene rings is 1. The molecule has 0 bridgehead atoms. The van der Waals surface area contributed by atoms with E-state index in [1.165, 1.54) is 11.3 Å². The lowest BCUT2D eigenvalue weighted by Crippen LogP contribution is -2.39. The summed E-state index contributed by atoms with van der Waals surface area (Å²) in [7, 11) is -1.81. The van der Waals surface area contributed by atoms with E-state index in [2.05, 4.69) is 26.4 Å². The monoisotopic (exact) mass is 552 g/mol. The Morgan fingerprint density at radius 2 is 2.07 bits per heavy atom. The molecule has 0 amide bonds. The molecule has 0 saturated carbocycles. The first kappa shape index (κ1) is 25.7. The van der Waals surface area contributed by atoms with Crippen molar-refractivity contribution in [3.05, 3.63) is 46.8 Å². The van der Waals surface area contributed by atoms with E-state index in [9.17, 15) is 8.42 Å². The van der Waals surface area contributed by atoms with Gasteiger partial charge in [-0.2, -0.15) is 0 Å². The first-order chi connectivity index (χ1) is 13.4. The van der Waals surface area contributed by atoms with Crippen LogP contribution >= 0.6 is 35.3 Å². The zero-order valence-corrected chi connectivity index (χ0v) is 21.0. The molecule has 0 aliphatic carbocycles. The van der Waals surface area contributed by atoms with Gasteiger partial charge in [-0.25, -0.2) is 13.1 Å². The van der Waals surface area contributed by atoms with Gasteiger partial charge in [0.05, 0.1) is 19.7 Å². The third-order valence-electron chi connectivity index (χ3n) is 3.98. The predicted octanol–water partition coefficient (Wildman–Crippen LogP) is 3.28. The minimum Gasteiger partial charge on any atom is -0.496 e. The Hall–Kier alpha value is -1.37. The number of ether oxygens (including phenoxy) is 1. The second kappa shape index (κ2) is 12.4. The van der Waals surface area contributed by atoms with Crippen LogP contribution in [-0.4, -0.2) is 41.1 Å². The maximum Gasteiger partial charge on any atom is 0.250 e. The van der Waals surface area contributed by atoms with Crippen molar-refractivity contribution in [2.45, 2.75) is 31.0 Å².